The van der Waals surface area contributed by atoms with E-state index in [1.165, 1.54) is 7.11 Å². The van der Waals surface area contributed by atoms with Crippen molar-refractivity contribution < 1.29 is 19.4 Å². The van der Waals surface area contributed by atoms with Crippen LogP contribution in [0.2, 0.25) is 0 Å². The van der Waals surface area contributed by atoms with Gasteiger partial charge in [-0.3, -0.25) is 4.79 Å². The number of amides is 1. The Morgan fingerprint density at radius 3 is 2.35 bits per heavy atom. The van der Waals surface area contributed by atoms with Crippen molar-refractivity contribution in [2.24, 2.45) is 11.3 Å². The number of carbonyl (C=O) groups is 2. The van der Waals surface area contributed by atoms with Crippen LogP contribution in [-0.4, -0.2) is 30.3 Å². The molecular weight excluding hydrogens is 222 g/mol. The van der Waals surface area contributed by atoms with Crippen molar-refractivity contribution in [2.45, 2.75) is 44.6 Å². The Labute approximate surface area is 101 Å². The molecule has 2 rings (SSSR count). The molecule has 2 aliphatic rings. The summed E-state index contributed by atoms with van der Waals surface area (Å²) in [6.45, 7) is 0. The maximum absolute atomic E-state index is 11.0. The third-order valence-electron chi connectivity index (χ3n) is 4.26. The van der Waals surface area contributed by atoms with Crippen LogP contribution in [-0.2, 0) is 9.53 Å². The molecule has 17 heavy (non-hydrogen) atoms. The van der Waals surface area contributed by atoms with Crippen molar-refractivity contribution in [2.75, 3.05) is 7.11 Å². The van der Waals surface area contributed by atoms with Crippen molar-refractivity contribution in [1.82, 2.24) is 5.32 Å². The minimum atomic E-state index is -0.664. The molecule has 5 nitrogen and oxygen atoms in total. The standard InChI is InChI=1S/C12H19NO4/c1-17-11(16)13-9-6-12(7-9)4-2-8(3-5-12)10(14)15/h8-9H,2-7H2,1H3,(H,13,16)(H,14,15). The normalized spacial score (nSPS) is 36.1. The van der Waals surface area contributed by atoms with E-state index < -0.39 is 5.97 Å². The molecule has 0 radical (unpaired) electrons. The zero-order valence-corrected chi connectivity index (χ0v) is 10.1. The van der Waals surface area contributed by atoms with Crippen LogP contribution in [0.4, 0.5) is 4.79 Å². The van der Waals surface area contributed by atoms with E-state index in [2.05, 4.69) is 10.1 Å². The number of nitrogens with one attached hydrogen (secondary N) is 1. The third-order valence-corrected chi connectivity index (χ3v) is 4.26. The Hall–Kier alpha value is -1.26. The van der Waals surface area contributed by atoms with Gasteiger partial charge < -0.3 is 15.2 Å². The highest BCUT2D eigenvalue weighted by Gasteiger charge is 2.47. The van der Waals surface area contributed by atoms with Gasteiger partial charge in [0.15, 0.2) is 0 Å². The first-order chi connectivity index (χ1) is 8.04. The van der Waals surface area contributed by atoms with Crippen LogP contribution in [0.25, 0.3) is 0 Å². The molecule has 0 atom stereocenters. The number of carboxylic acid groups (broad SMARTS) is 1. The zero-order chi connectivity index (χ0) is 12.5. The molecular formula is C12H19NO4. The fraction of sp³-hybridized carbons (Fsp3) is 0.833. The van der Waals surface area contributed by atoms with Gasteiger partial charge in [0.1, 0.15) is 0 Å². The van der Waals surface area contributed by atoms with E-state index >= 15 is 0 Å². The van der Waals surface area contributed by atoms with Crippen LogP contribution >= 0.6 is 0 Å². The molecule has 0 aromatic rings. The number of carbonyl (C=O) groups excluding carboxylic acids is 1. The van der Waals surface area contributed by atoms with Crippen LogP contribution in [0, 0.1) is 11.3 Å². The van der Waals surface area contributed by atoms with E-state index in [4.69, 9.17) is 5.11 Å². The molecule has 2 N–H and O–H groups in total. The molecule has 2 fully saturated rings. The molecule has 2 saturated carbocycles. The summed E-state index contributed by atoms with van der Waals surface area (Å²) in [5.74, 6) is -0.823. The summed E-state index contributed by atoms with van der Waals surface area (Å²) < 4.78 is 4.55. The van der Waals surface area contributed by atoms with Crippen molar-refractivity contribution in [3.63, 3.8) is 0 Å². The number of rotatable bonds is 2. The Morgan fingerprint density at radius 1 is 1.29 bits per heavy atom. The number of hydrogen-bond donors (Lipinski definition) is 2. The topological polar surface area (TPSA) is 75.6 Å². The number of ether oxygens (including phenoxy) is 1. The maximum Gasteiger partial charge on any atom is 0.407 e. The monoisotopic (exact) mass is 241 g/mol. The van der Waals surface area contributed by atoms with Crippen LogP contribution in [0.3, 0.4) is 0 Å². The minimum absolute atomic E-state index is 0.159. The van der Waals surface area contributed by atoms with Gasteiger partial charge in [-0.1, -0.05) is 0 Å². The minimum Gasteiger partial charge on any atom is -0.481 e. The first-order valence-electron chi connectivity index (χ1n) is 6.12. The lowest BCUT2D eigenvalue weighted by Crippen LogP contribution is -2.52. The fourth-order valence-corrected chi connectivity index (χ4v) is 3.20. The van der Waals surface area contributed by atoms with E-state index in [0.29, 0.717) is 0 Å². The SMILES string of the molecule is COC(=O)NC1CC2(CCC(C(=O)O)CC2)C1. The molecule has 0 unspecified atom stereocenters. The first-order valence-corrected chi connectivity index (χ1v) is 6.12. The molecule has 0 aliphatic heterocycles. The summed E-state index contributed by atoms with van der Waals surface area (Å²) in [5.41, 5.74) is 0.289. The van der Waals surface area contributed by atoms with Gasteiger partial charge in [-0.25, -0.2) is 4.79 Å². The molecule has 2 aliphatic carbocycles. The average molecular weight is 241 g/mol. The average Bonchev–Trinajstić information content (AvgIpc) is 2.27. The lowest BCUT2D eigenvalue weighted by molar-refractivity contribution is -0.144. The highest BCUT2D eigenvalue weighted by molar-refractivity contribution is 5.70. The van der Waals surface area contributed by atoms with Gasteiger partial charge in [-0.05, 0) is 43.9 Å². The van der Waals surface area contributed by atoms with Gasteiger partial charge in [0.05, 0.1) is 13.0 Å². The van der Waals surface area contributed by atoms with Crippen molar-refractivity contribution in [1.29, 1.82) is 0 Å². The fourth-order valence-electron chi connectivity index (χ4n) is 3.20. The van der Waals surface area contributed by atoms with Crippen LogP contribution in [0.1, 0.15) is 38.5 Å². The van der Waals surface area contributed by atoms with Gasteiger partial charge >= 0.3 is 12.1 Å². The summed E-state index contributed by atoms with van der Waals surface area (Å²) in [5, 5.41) is 11.7. The summed E-state index contributed by atoms with van der Waals surface area (Å²) in [7, 11) is 1.36. The maximum atomic E-state index is 11.0. The largest absolute Gasteiger partial charge is 0.481 e. The van der Waals surface area contributed by atoms with Crippen LogP contribution in [0.5, 0.6) is 0 Å². The van der Waals surface area contributed by atoms with E-state index in [0.717, 1.165) is 38.5 Å². The molecule has 0 aromatic carbocycles. The lowest BCUT2D eigenvalue weighted by atomic mass is 9.57. The predicted molar refractivity (Wildman–Crippen MR) is 60.6 cm³/mol. The Kier molecular flexibility index (Phi) is 3.26. The van der Waals surface area contributed by atoms with Crippen LogP contribution < -0.4 is 5.32 Å². The quantitative estimate of drug-likeness (QED) is 0.772. The van der Waals surface area contributed by atoms with Crippen molar-refractivity contribution >= 4 is 12.1 Å². The Morgan fingerprint density at radius 2 is 1.88 bits per heavy atom. The smallest absolute Gasteiger partial charge is 0.407 e. The number of aliphatic carboxylic acids is 1. The summed E-state index contributed by atoms with van der Waals surface area (Å²) in [6, 6.07) is 0.212. The number of methoxy groups -OCH3 is 1. The number of hydrogen-bond acceptors (Lipinski definition) is 3. The molecule has 0 aromatic heterocycles. The van der Waals surface area contributed by atoms with E-state index in [1.54, 1.807) is 0 Å². The van der Waals surface area contributed by atoms with Gasteiger partial charge in [-0.15, -0.1) is 0 Å². The predicted octanol–water partition coefficient (Wildman–Crippen LogP) is 1.77. The summed E-state index contributed by atoms with van der Waals surface area (Å²) in [6.07, 6.45) is 5.07. The van der Waals surface area contributed by atoms with Gasteiger partial charge in [0, 0.05) is 6.04 Å². The lowest BCUT2D eigenvalue weighted by Gasteiger charge is -2.51. The van der Waals surface area contributed by atoms with E-state index in [9.17, 15) is 9.59 Å². The highest BCUT2D eigenvalue weighted by atomic mass is 16.5. The van der Waals surface area contributed by atoms with Crippen molar-refractivity contribution in [3.8, 4) is 0 Å². The second-order valence-electron chi connectivity index (χ2n) is 5.35. The molecule has 0 saturated heterocycles. The van der Waals surface area contributed by atoms with E-state index in [-0.39, 0.29) is 23.5 Å². The molecule has 0 bridgehead atoms. The summed E-state index contributed by atoms with van der Waals surface area (Å²) >= 11 is 0. The van der Waals surface area contributed by atoms with Crippen molar-refractivity contribution in [3.05, 3.63) is 0 Å². The molecule has 0 heterocycles. The Bertz CT molecular complexity index is 312. The zero-order valence-electron chi connectivity index (χ0n) is 10.1. The third kappa shape index (κ3) is 2.53. The Balaban J connectivity index is 1.76. The number of alkyl carbamates (subject to hydrolysis) is 1. The highest BCUT2D eigenvalue weighted by Crippen LogP contribution is 2.52. The second kappa shape index (κ2) is 4.55. The second-order valence-corrected chi connectivity index (χ2v) is 5.35. The van der Waals surface area contributed by atoms with Gasteiger partial charge in [0.2, 0.25) is 0 Å². The molecule has 96 valence electrons. The molecule has 1 amide bonds. The first kappa shape index (κ1) is 12.2. The number of carboxylic acids is 1. The molecule has 5 heteroatoms. The van der Waals surface area contributed by atoms with Gasteiger partial charge in [-0.2, -0.15) is 0 Å². The van der Waals surface area contributed by atoms with E-state index in [1.807, 2.05) is 0 Å². The molecule has 1 spiro atoms. The van der Waals surface area contributed by atoms with Gasteiger partial charge in [0.25, 0.3) is 0 Å². The van der Waals surface area contributed by atoms with Crippen LogP contribution in [0.15, 0.2) is 0 Å². The summed E-state index contributed by atoms with van der Waals surface area (Å²) in [4.78, 5) is 21.9.